The van der Waals surface area contributed by atoms with E-state index in [0.29, 0.717) is 33.3 Å². The quantitative estimate of drug-likeness (QED) is 0.501. The molecule has 2 aromatic carbocycles. The number of ether oxygens (including phenoxy) is 2. The van der Waals surface area contributed by atoms with Gasteiger partial charge in [0.1, 0.15) is 28.4 Å². The molecular formula is C21H17N3O5S. The number of aromatic hydroxyl groups is 1. The first-order valence-electron chi connectivity index (χ1n) is 8.81. The SMILES string of the molecule is COc1cc(N=c2oc3cc(O)ccc3cc2C(=O)Nc2nccs2)cc(OC)c1. The van der Waals surface area contributed by atoms with Crippen LogP contribution in [-0.2, 0) is 0 Å². The molecule has 9 heteroatoms. The van der Waals surface area contributed by atoms with Crippen molar-refractivity contribution in [2.75, 3.05) is 19.5 Å². The number of aromatic nitrogens is 1. The van der Waals surface area contributed by atoms with Crippen molar-refractivity contribution in [1.82, 2.24) is 4.98 Å². The fourth-order valence-electron chi connectivity index (χ4n) is 2.78. The van der Waals surface area contributed by atoms with E-state index in [1.165, 1.54) is 37.7 Å². The zero-order valence-electron chi connectivity index (χ0n) is 16.1. The van der Waals surface area contributed by atoms with Crippen molar-refractivity contribution in [3.8, 4) is 17.2 Å². The number of thiazole rings is 1. The molecule has 2 N–H and O–H groups in total. The second-order valence-electron chi connectivity index (χ2n) is 6.16. The molecule has 0 saturated heterocycles. The van der Waals surface area contributed by atoms with Crippen molar-refractivity contribution in [3.63, 3.8) is 0 Å². The molecule has 152 valence electrons. The van der Waals surface area contributed by atoms with Crippen molar-refractivity contribution < 1.29 is 23.8 Å². The highest BCUT2D eigenvalue weighted by atomic mass is 32.1. The number of amides is 1. The van der Waals surface area contributed by atoms with Gasteiger partial charge in [0, 0.05) is 41.2 Å². The minimum atomic E-state index is -0.419. The van der Waals surface area contributed by atoms with Crippen LogP contribution in [0.15, 0.2) is 63.5 Å². The number of nitrogens with zero attached hydrogens (tertiary/aromatic N) is 2. The molecular weight excluding hydrogens is 406 g/mol. The summed E-state index contributed by atoms with van der Waals surface area (Å²) < 4.78 is 16.4. The molecule has 0 radical (unpaired) electrons. The number of benzene rings is 2. The van der Waals surface area contributed by atoms with E-state index in [2.05, 4.69) is 15.3 Å². The van der Waals surface area contributed by atoms with Gasteiger partial charge in [-0.2, -0.15) is 0 Å². The van der Waals surface area contributed by atoms with E-state index in [0.717, 1.165) is 0 Å². The van der Waals surface area contributed by atoms with Gasteiger partial charge in [0.2, 0.25) is 5.55 Å². The Bertz CT molecular complexity index is 1260. The lowest BCUT2D eigenvalue weighted by molar-refractivity contribution is 0.102. The van der Waals surface area contributed by atoms with Crippen LogP contribution in [-0.4, -0.2) is 30.2 Å². The maximum absolute atomic E-state index is 12.9. The van der Waals surface area contributed by atoms with Crippen LogP contribution in [0.4, 0.5) is 10.8 Å². The van der Waals surface area contributed by atoms with Gasteiger partial charge in [-0.3, -0.25) is 10.1 Å². The average molecular weight is 423 g/mol. The van der Waals surface area contributed by atoms with Crippen LogP contribution in [0.1, 0.15) is 10.4 Å². The average Bonchev–Trinajstić information content (AvgIpc) is 3.25. The van der Waals surface area contributed by atoms with E-state index in [4.69, 9.17) is 13.9 Å². The number of anilines is 1. The van der Waals surface area contributed by atoms with Crippen molar-refractivity contribution in [2.24, 2.45) is 4.99 Å². The Morgan fingerprint density at radius 1 is 1.13 bits per heavy atom. The fraction of sp³-hybridized carbons (Fsp3) is 0.0952. The van der Waals surface area contributed by atoms with Gasteiger partial charge in [0.25, 0.3) is 5.91 Å². The smallest absolute Gasteiger partial charge is 0.262 e. The summed E-state index contributed by atoms with van der Waals surface area (Å²) in [5, 5.41) is 15.4. The third-order valence-electron chi connectivity index (χ3n) is 4.20. The zero-order chi connectivity index (χ0) is 21.1. The van der Waals surface area contributed by atoms with Crippen LogP contribution in [0.3, 0.4) is 0 Å². The van der Waals surface area contributed by atoms with Crippen molar-refractivity contribution in [3.05, 3.63) is 65.2 Å². The summed E-state index contributed by atoms with van der Waals surface area (Å²) in [6.45, 7) is 0. The van der Waals surface area contributed by atoms with Gasteiger partial charge in [-0.05, 0) is 18.2 Å². The van der Waals surface area contributed by atoms with Gasteiger partial charge >= 0.3 is 0 Å². The Labute approximate surface area is 175 Å². The number of methoxy groups -OCH3 is 2. The van der Waals surface area contributed by atoms with Crippen molar-refractivity contribution in [1.29, 1.82) is 0 Å². The molecule has 4 aromatic rings. The first kappa shape index (κ1) is 19.5. The maximum atomic E-state index is 12.9. The predicted octanol–water partition coefficient (Wildman–Crippen LogP) is 4.10. The number of hydrogen-bond donors (Lipinski definition) is 2. The first-order valence-corrected chi connectivity index (χ1v) is 9.69. The Hall–Kier alpha value is -3.85. The zero-order valence-corrected chi connectivity index (χ0v) is 16.9. The van der Waals surface area contributed by atoms with E-state index in [-0.39, 0.29) is 16.9 Å². The molecule has 0 unspecified atom stereocenters. The highest BCUT2D eigenvalue weighted by molar-refractivity contribution is 7.13. The van der Waals surface area contributed by atoms with Gasteiger partial charge in [-0.1, -0.05) is 0 Å². The summed E-state index contributed by atoms with van der Waals surface area (Å²) in [4.78, 5) is 21.5. The number of nitrogens with one attached hydrogen (secondary N) is 1. The summed E-state index contributed by atoms with van der Waals surface area (Å²) in [5.41, 5.74) is 1.13. The van der Waals surface area contributed by atoms with Crippen LogP contribution in [0.25, 0.3) is 11.0 Å². The Morgan fingerprint density at radius 2 is 1.90 bits per heavy atom. The lowest BCUT2D eigenvalue weighted by Crippen LogP contribution is -2.21. The molecule has 0 bridgehead atoms. The van der Waals surface area contributed by atoms with E-state index < -0.39 is 5.91 Å². The Kier molecular flexibility index (Phi) is 5.36. The highest BCUT2D eigenvalue weighted by Crippen LogP contribution is 2.28. The second-order valence-corrected chi connectivity index (χ2v) is 7.06. The number of phenols is 1. The molecule has 0 spiro atoms. The summed E-state index contributed by atoms with van der Waals surface area (Å²) in [5.74, 6) is 0.707. The van der Waals surface area contributed by atoms with E-state index in [9.17, 15) is 9.90 Å². The number of phenolic OH excluding ortho intramolecular Hbond substituents is 1. The number of carbonyl (C=O) groups is 1. The molecule has 1 amide bonds. The Morgan fingerprint density at radius 3 is 2.57 bits per heavy atom. The molecule has 2 aromatic heterocycles. The van der Waals surface area contributed by atoms with E-state index in [1.807, 2.05) is 0 Å². The summed E-state index contributed by atoms with van der Waals surface area (Å²) >= 11 is 1.30. The predicted molar refractivity (Wildman–Crippen MR) is 113 cm³/mol. The normalized spacial score (nSPS) is 11.5. The van der Waals surface area contributed by atoms with Crippen LogP contribution in [0, 0.1) is 0 Å². The fourth-order valence-corrected chi connectivity index (χ4v) is 3.30. The first-order chi connectivity index (χ1) is 14.6. The largest absolute Gasteiger partial charge is 0.508 e. The standard InChI is InChI=1S/C21H17N3O5S/c1-27-15-8-13(9-16(11-15)28-2)23-20-17(19(26)24-21-22-5-6-30-21)7-12-3-4-14(25)10-18(12)29-20/h3-11,25H,1-2H3,(H,22,24,26). The second kappa shape index (κ2) is 8.26. The third-order valence-corrected chi connectivity index (χ3v) is 4.89. The molecule has 2 heterocycles. The lowest BCUT2D eigenvalue weighted by Gasteiger charge is -2.07. The van der Waals surface area contributed by atoms with Crippen molar-refractivity contribution >= 4 is 39.0 Å². The molecule has 0 saturated carbocycles. The maximum Gasteiger partial charge on any atom is 0.262 e. The van der Waals surface area contributed by atoms with Gasteiger partial charge in [-0.15, -0.1) is 11.3 Å². The number of hydrogen-bond acceptors (Lipinski definition) is 8. The van der Waals surface area contributed by atoms with E-state index >= 15 is 0 Å². The van der Waals surface area contributed by atoms with Crippen LogP contribution in [0.5, 0.6) is 17.2 Å². The monoisotopic (exact) mass is 423 g/mol. The van der Waals surface area contributed by atoms with Crippen LogP contribution < -0.4 is 20.3 Å². The molecule has 0 aliphatic rings. The number of rotatable bonds is 5. The third kappa shape index (κ3) is 4.11. The van der Waals surface area contributed by atoms with Gasteiger partial charge in [0.05, 0.1) is 19.9 Å². The summed E-state index contributed by atoms with van der Waals surface area (Å²) in [6.07, 6.45) is 1.60. The molecule has 0 aliphatic heterocycles. The van der Waals surface area contributed by atoms with Crippen molar-refractivity contribution in [2.45, 2.75) is 0 Å². The lowest BCUT2D eigenvalue weighted by atomic mass is 10.1. The van der Waals surface area contributed by atoms with Gasteiger partial charge in [-0.25, -0.2) is 9.98 Å². The Balaban J connectivity index is 1.90. The molecule has 0 atom stereocenters. The molecule has 0 fully saturated rings. The number of fused-ring (bicyclic) bond motifs is 1. The van der Waals surface area contributed by atoms with Crippen LogP contribution in [0.2, 0.25) is 0 Å². The minimum absolute atomic E-state index is 0.0419. The van der Waals surface area contributed by atoms with Gasteiger partial charge in [0.15, 0.2) is 5.13 Å². The topological polar surface area (TPSA) is 106 Å². The molecule has 0 aliphatic carbocycles. The summed E-state index contributed by atoms with van der Waals surface area (Å²) in [6, 6.07) is 11.4. The highest BCUT2D eigenvalue weighted by Gasteiger charge is 2.15. The molecule has 8 nitrogen and oxygen atoms in total. The summed E-state index contributed by atoms with van der Waals surface area (Å²) in [7, 11) is 3.07. The molecule has 30 heavy (non-hydrogen) atoms. The van der Waals surface area contributed by atoms with Gasteiger partial charge < -0.3 is 19.0 Å². The minimum Gasteiger partial charge on any atom is -0.508 e. The number of carbonyl (C=O) groups excluding carboxylic acids is 1. The molecule has 4 rings (SSSR count). The van der Waals surface area contributed by atoms with Crippen LogP contribution >= 0.6 is 11.3 Å². The van der Waals surface area contributed by atoms with E-state index in [1.54, 1.807) is 41.9 Å².